The van der Waals surface area contributed by atoms with Gasteiger partial charge in [-0.1, -0.05) is 30.3 Å². The van der Waals surface area contributed by atoms with Crippen LogP contribution in [0.5, 0.6) is 5.75 Å². The molecule has 1 heterocycles. The zero-order chi connectivity index (χ0) is 21.1. The van der Waals surface area contributed by atoms with Crippen LogP contribution < -0.4 is 4.74 Å². The summed E-state index contributed by atoms with van der Waals surface area (Å²) in [6, 6.07) is 8.31. The van der Waals surface area contributed by atoms with Crippen LogP contribution in [-0.2, 0) is 4.74 Å². The number of rotatable bonds is 6. The standard InChI is InChI=1S/C21H17F4NO3/c1-3-28-20-17(24)15(22)14(16(23)18(20)25)13-12(11-8-6-5-7-9-11)10-26-19(13)21(27)29-4-2/h5-10,26H,3-4H2,1-2H3. The molecule has 1 aromatic heterocycles. The van der Waals surface area contributed by atoms with E-state index in [9.17, 15) is 22.4 Å². The van der Waals surface area contributed by atoms with E-state index in [1.54, 1.807) is 37.3 Å². The summed E-state index contributed by atoms with van der Waals surface area (Å²) in [7, 11) is 0. The zero-order valence-electron chi connectivity index (χ0n) is 15.6. The summed E-state index contributed by atoms with van der Waals surface area (Å²) in [6.07, 6.45) is 1.32. The maximum absolute atomic E-state index is 14.9. The molecule has 0 bridgehead atoms. The second-order valence-corrected chi connectivity index (χ2v) is 5.93. The van der Waals surface area contributed by atoms with E-state index in [0.29, 0.717) is 5.56 Å². The number of hydrogen-bond donors (Lipinski definition) is 1. The Kier molecular flexibility index (Phi) is 5.91. The van der Waals surface area contributed by atoms with Gasteiger partial charge in [-0.25, -0.2) is 13.6 Å². The van der Waals surface area contributed by atoms with Crippen molar-refractivity contribution in [2.45, 2.75) is 13.8 Å². The monoisotopic (exact) mass is 407 g/mol. The van der Waals surface area contributed by atoms with Gasteiger partial charge in [-0.2, -0.15) is 8.78 Å². The third-order valence-corrected chi connectivity index (χ3v) is 4.21. The van der Waals surface area contributed by atoms with Crippen molar-refractivity contribution >= 4 is 5.97 Å². The summed E-state index contributed by atoms with van der Waals surface area (Å²) >= 11 is 0. The van der Waals surface area contributed by atoms with E-state index in [1.807, 2.05) is 0 Å². The first-order valence-electron chi connectivity index (χ1n) is 8.85. The zero-order valence-corrected chi connectivity index (χ0v) is 15.6. The number of carbonyl (C=O) groups excluding carboxylic acids is 1. The lowest BCUT2D eigenvalue weighted by Gasteiger charge is -2.14. The predicted molar refractivity (Wildman–Crippen MR) is 98.6 cm³/mol. The van der Waals surface area contributed by atoms with Gasteiger partial charge in [0.25, 0.3) is 0 Å². The number of benzene rings is 2. The molecular formula is C21H17F4NO3. The number of esters is 1. The predicted octanol–water partition coefficient (Wildman–Crippen LogP) is 5.48. The van der Waals surface area contributed by atoms with Crippen LogP contribution in [0.25, 0.3) is 22.3 Å². The molecule has 3 rings (SSSR count). The lowest BCUT2D eigenvalue weighted by Crippen LogP contribution is -2.10. The van der Waals surface area contributed by atoms with Gasteiger partial charge < -0.3 is 14.5 Å². The first-order valence-corrected chi connectivity index (χ1v) is 8.85. The highest BCUT2D eigenvalue weighted by Crippen LogP contribution is 2.42. The Hall–Kier alpha value is -3.29. The van der Waals surface area contributed by atoms with Gasteiger partial charge in [0.1, 0.15) is 5.69 Å². The van der Waals surface area contributed by atoms with Crippen LogP contribution in [-0.4, -0.2) is 24.2 Å². The fourth-order valence-electron chi connectivity index (χ4n) is 2.99. The lowest BCUT2D eigenvalue weighted by atomic mass is 9.95. The van der Waals surface area contributed by atoms with E-state index >= 15 is 0 Å². The van der Waals surface area contributed by atoms with E-state index in [2.05, 4.69) is 4.98 Å². The third-order valence-electron chi connectivity index (χ3n) is 4.21. The van der Waals surface area contributed by atoms with Gasteiger partial charge in [0, 0.05) is 17.3 Å². The first kappa shape index (κ1) is 20.4. The third kappa shape index (κ3) is 3.57. The second-order valence-electron chi connectivity index (χ2n) is 5.93. The molecule has 0 saturated heterocycles. The number of aromatic amines is 1. The summed E-state index contributed by atoms with van der Waals surface area (Å²) < 4.78 is 68.3. The van der Waals surface area contributed by atoms with Crippen molar-refractivity contribution in [3.8, 4) is 28.0 Å². The van der Waals surface area contributed by atoms with Gasteiger partial charge in [-0.15, -0.1) is 0 Å². The molecule has 4 nitrogen and oxygen atoms in total. The minimum Gasteiger partial charge on any atom is -0.488 e. The van der Waals surface area contributed by atoms with Crippen molar-refractivity contribution in [2.24, 2.45) is 0 Å². The molecule has 1 N–H and O–H groups in total. The lowest BCUT2D eigenvalue weighted by molar-refractivity contribution is 0.0521. The largest absolute Gasteiger partial charge is 0.488 e. The van der Waals surface area contributed by atoms with Crippen LogP contribution in [0.4, 0.5) is 17.6 Å². The molecule has 29 heavy (non-hydrogen) atoms. The highest BCUT2D eigenvalue weighted by atomic mass is 19.2. The van der Waals surface area contributed by atoms with Crippen molar-refractivity contribution in [3.05, 3.63) is 65.5 Å². The smallest absolute Gasteiger partial charge is 0.355 e. The van der Waals surface area contributed by atoms with Gasteiger partial charge >= 0.3 is 5.97 Å². The Morgan fingerprint density at radius 3 is 2.07 bits per heavy atom. The van der Waals surface area contributed by atoms with Gasteiger partial charge in [0.2, 0.25) is 11.6 Å². The number of halogens is 4. The van der Waals surface area contributed by atoms with E-state index in [1.165, 1.54) is 13.1 Å². The quantitative estimate of drug-likeness (QED) is 0.334. The summed E-state index contributed by atoms with van der Waals surface area (Å²) in [5, 5.41) is 0. The van der Waals surface area contributed by atoms with Crippen LogP contribution in [0.1, 0.15) is 24.3 Å². The maximum atomic E-state index is 14.9. The Labute approximate surface area is 164 Å². The van der Waals surface area contributed by atoms with Gasteiger partial charge in [0.05, 0.1) is 18.8 Å². The average molecular weight is 407 g/mol. The summed E-state index contributed by atoms with van der Waals surface area (Å²) in [6.45, 7) is 2.77. The van der Waals surface area contributed by atoms with Crippen molar-refractivity contribution in [3.63, 3.8) is 0 Å². The fraction of sp³-hybridized carbons (Fsp3) is 0.190. The maximum Gasteiger partial charge on any atom is 0.355 e. The normalized spacial score (nSPS) is 10.8. The van der Waals surface area contributed by atoms with E-state index in [4.69, 9.17) is 9.47 Å². The molecule has 0 aliphatic heterocycles. The van der Waals surface area contributed by atoms with Crippen molar-refractivity contribution in [1.82, 2.24) is 4.98 Å². The molecule has 3 aromatic rings. The molecule has 2 aromatic carbocycles. The van der Waals surface area contributed by atoms with Crippen LogP contribution in [0.2, 0.25) is 0 Å². The summed E-state index contributed by atoms with van der Waals surface area (Å²) in [4.78, 5) is 14.9. The number of aromatic nitrogens is 1. The number of nitrogens with one attached hydrogen (secondary N) is 1. The first-order chi connectivity index (χ1) is 13.9. The average Bonchev–Trinajstić information content (AvgIpc) is 3.15. The minimum absolute atomic E-state index is 0.00503. The molecular weight excluding hydrogens is 390 g/mol. The molecule has 152 valence electrons. The molecule has 0 aliphatic carbocycles. The molecule has 8 heteroatoms. The van der Waals surface area contributed by atoms with Crippen LogP contribution in [0, 0.1) is 23.3 Å². The van der Waals surface area contributed by atoms with E-state index in [0.717, 1.165) is 0 Å². The van der Waals surface area contributed by atoms with E-state index < -0.39 is 40.6 Å². The van der Waals surface area contributed by atoms with E-state index in [-0.39, 0.29) is 30.0 Å². The minimum atomic E-state index is -1.68. The molecule has 0 saturated carbocycles. The topological polar surface area (TPSA) is 51.3 Å². The molecule has 0 aliphatic rings. The number of ether oxygens (including phenoxy) is 2. The Balaban J connectivity index is 2.36. The van der Waals surface area contributed by atoms with Crippen LogP contribution in [0.3, 0.4) is 0 Å². The highest BCUT2D eigenvalue weighted by molar-refractivity contribution is 6.01. The van der Waals surface area contributed by atoms with Crippen molar-refractivity contribution in [2.75, 3.05) is 13.2 Å². The molecule has 0 fully saturated rings. The Bertz CT molecular complexity index is 1020. The summed E-state index contributed by atoms with van der Waals surface area (Å²) in [5.41, 5.74) is -1.04. The van der Waals surface area contributed by atoms with Gasteiger partial charge in [0.15, 0.2) is 17.4 Å². The Morgan fingerprint density at radius 1 is 0.897 bits per heavy atom. The summed E-state index contributed by atoms with van der Waals surface area (Å²) in [5.74, 6) is -8.78. The van der Waals surface area contributed by atoms with Gasteiger partial charge in [-0.3, -0.25) is 0 Å². The number of carbonyl (C=O) groups is 1. The highest BCUT2D eigenvalue weighted by Gasteiger charge is 2.32. The molecule has 0 spiro atoms. The number of H-pyrrole nitrogens is 1. The van der Waals surface area contributed by atoms with Crippen molar-refractivity contribution < 1.29 is 31.8 Å². The van der Waals surface area contributed by atoms with Crippen molar-refractivity contribution in [1.29, 1.82) is 0 Å². The molecule has 0 atom stereocenters. The van der Waals surface area contributed by atoms with Crippen LogP contribution in [0.15, 0.2) is 36.5 Å². The Morgan fingerprint density at radius 2 is 1.52 bits per heavy atom. The number of hydrogen-bond acceptors (Lipinski definition) is 3. The SMILES string of the molecule is CCOC(=O)c1[nH]cc(-c2ccccc2)c1-c1c(F)c(F)c(OCC)c(F)c1F. The van der Waals surface area contributed by atoms with Crippen LogP contribution >= 0.6 is 0 Å². The molecule has 0 radical (unpaired) electrons. The second kappa shape index (κ2) is 8.38. The molecule has 0 unspecified atom stereocenters. The fourth-order valence-corrected chi connectivity index (χ4v) is 2.99. The van der Waals surface area contributed by atoms with Gasteiger partial charge in [-0.05, 0) is 19.4 Å². The molecule has 0 amide bonds.